The molecule has 0 aliphatic rings. The topological polar surface area (TPSA) is 46.5 Å². The van der Waals surface area contributed by atoms with Crippen LogP contribution in [0.15, 0.2) is 12.2 Å². The van der Waals surface area contributed by atoms with E-state index in [1.54, 1.807) is 0 Å². The molecule has 148 valence electrons. The molecule has 0 aliphatic heterocycles. The third kappa shape index (κ3) is 4.52. The average molecular weight is 398 g/mol. The number of aliphatic hydroxyl groups is 1. The van der Waals surface area contributed by atoms with E-state index in [4.69, 9.17) is 5.11 Å². The van der Waals surface area contributed by atoms with Gasteiger partial charge >= 0.3 is 35.8 Å². The largest absolute Gasteiger partial charge is 0.462 e. The predicted octanol–water partition coefficient (Wildman–Crippen LogP) is 3.57. The van der Waals surface area contributed by atoms with E-state index in [0.29, 0.717) is 0 Å². The summed E-state index contributed by atoms with van der Waals surface area (Å²) in [5.41, 5.74) is -7.58. The zero-order valence-corrected chi connectivity index (χ0v) is 11.7. The van der Waals surface area contributed by atoms with Gasteiger partial charge in [0.2, 0.25) is 0 Å². The first-order chi connectivity index (χ1) is 11.0. The number of alkyl halides is 11. The molecule has 0 saturated heterocycles. The Morgan fingerprint density at radius 3 is 1.68 bits per heavy atom. The molecule has 0 aromatic rings. The van der Waals surface area contributed by atoms with Crippen molar-refractivity contribution in [2.45, 2.75) is 36.3 Å². The molecule has 25 heavy (non-hydrogen) atoms. The smallest absolute Gasteiger partial charge is 0.438 e. The molecular weight excluding hydrogens is 389 g/mol. The average Bonchev–Trinajstić information content (AvgIpc) is 2.41. The highest BCUT2D eigenvalue weighted by Crippen LogP contribution is 2.59. The second kappa shape index (κ2) is 7.33. The van der Waals surface area contributed by atoms with Gasteiger partial charge in [-0.2, -0.15) is 43.9 Å². The highest BCUT2D eigenvalue weighted by Gasteiger charge is 2.89. The van der Waals surface area contributed by atoms with Gasteiger partial charge in [0.25, 0.3) is 0 Å². The summed E-state index contributed by atoms with van der Waals surface area (Å²) in [6, 6.07) is 0. The van der Waals surface area contributed by atoms with E-state index in [2.05, 4.69) is 4.74 Å². The van der Waals surface area contributed by atoms with Gasteiger partial charge < -0.3 is 9.84 Å². The Morgan fingerprint density at radius 1 is 0.880 bits per heavy atom. The van der Waals surface area contributed by atoms with Crippen molar-refractivity contribution in [3.63, 3.8) is 0 Å². The van der Waals surface area contributed by atoms with Gasteiger partial charge in [-0.3, -0.25) is 0 Å². The van der Waals surface area contributed by atoms with Crippen molar-refractivity contribution in [3.05, 3.63) is 12.2 Å². The summed E-state index contributed by atoms with van der Waals surface area (Å²) < 4.78 is 143. The molecule has 0 aliphatic carbocycles. The van der Waals surface area contributed by atoms with E-state index in [0.717, 1.165) is 0 Å². The molecule has 1 N–H and O–H groups in total. The summed E-state index contributed by atoms with van der Waals surface area (Å²) in [6.45, 7) is -1.15. The first kappa shape index (κ1) is 23.4. The van der Waals surface area contributed by atoms with Crippen molar-refractivity contribution >= 4 is 5.97 Å². The molecular formula is C11H9F11O3. The Hall–Kier alpha value is -1.60. The van der Waals surface area contributed by atoms with Gasteiger partial charge in [0.15, 0.2) is 0 Å². The maximum absolute atomic E-state index is 13.2. The van der Waals surface area contributed by atoms with Gasteiger partial charge in [-0.05, 0) is 6.08 Å². The lowest BCUT2D eigenvalue weighted by Gasteiger charge is -2.38. The Morgan fingerprint density at radius 2 is 1.32 bits per heavy atom. The van der Waals surface area contributed by atoms with Crippen LogP contribution in [-0.2, 0) is 9.53 Å². The molecule has 14 heteroatoms. The van der Waals surface area contributed by atoms with Crippen LogP contribution >= 0.6 is 0 Å². The molecule has 0 rings (SSSR count). The lowest BCUT2D eigenvalue weighted by atomic mass is 9.90. The molecule has 0 unspecified atom stereocenters. The summed E-state index contributed by atoms with van der Waals surface area (Å²) in [6.07, 6.45) is -17.0. The van der Waals surface area contributed by atoms with Crippen LogP contribution in [0, 0.1) is 0 Å². The SMILES string of the molecule is O=C(C=CC(F)(F)C(F)(F)C(F)(C(F)(F)F)C(F)(F)F)OCCCO. The molecule has 0 bridgehead atoms. The highest BCUT2D eigenvalue weighted by molar-refractivity contribution is 5.82. The fourth-order valence-electron chi connectivity index (χ4n) is 1.31. The van der Waals surface area contributed by atoms with Crippen LogP contribution in [0.3, 0.4) is 0 Å². The van der Waals surface area contributed by atoms with Crippen LogP contribution < -0.4 is 0 Å². The first-order valence-electron chi connectivity index (χ1n) is 6.00. The van der Waals surface area contributed by atoms with Crippen LogP contribution in [0.4, 0.5) is 48.3 Å². The minimum Gasteiger partial charge on any atom is -0.462 e. The molecule has 0 amide bonds. The Labute approximate surface area is 132 Å². The summed E-state index contributed by atoms with van der Waals surface area (Å²) >= 11 is 0. The highest BCUT2D eigenvalue weighted by atomic mass is 19.4. The van der Waals surface area contributed by atoms with E-state index < -0.39 is 61.2 Å². The maximum Gasteiger partial charge on any atom is 0.438 e. The Bertz CT molecular complexity index is 478. The molecule has 0 spiro atoms. The third-order valence-corrected chi connectivity index (χ3v) is 2.61. The van der Waals surface area contributed by atoms with Crippen molar-refractivity contribution in [1.82, 2.24) is 0 Å². The number of esters is 1. The normalized spacial score (nSPS) is 14.9. The van der Waals surface area contributed by atoms with E-state index in [1.807, 2.05) is 0 Å². The maximum atomic E-state index is 13.2. The summed E-state index contributed by atoms with van der Waals surface area (Å²) in [7, 11) is 0. The standard InChI is InChI=1S/C11H9F11O3/c12-7(13,3-2-6(24)25-5-1-4-23)9(15,16)8(14,10(17,18)19)11(20,21)22/h2-3,23H,1,4-5H2. The fourth-order valence-corrected chi connectivity index (χ4v) is 1.31. The lowest BCUT2D eigenvalue weighted by molar-refractivity contribution is -0.420. The van der Waals surface area contributed by atoms with E-state index in [1.165, 1.54) is 0 Å². The minimum atomic E-state index is -7.58. The number of aliphatic hydroxyl groups excluding tert-OH is 1. The van der Waals surface area contributed by atoms with Crippen LogP contribution in [0.1, 0.15) is 6.42 Å². The summed E-state index contributed by atoms with van der Waals surface area (Å²) in [5.74, 6) is -15.5. The minimum absolute atomic E-state index is 0.220. The fraction of sp³-hybridized carbons (Fsp3) is 0.727. The summed E-state index contributed by atoms with van der Waals surface area (Å²) in [5, 5.41) is 8.30. The van der Waals surface area contributed by atoms with Crippen molar-refractivity contribution in [3.8, 4) is 0 Å². The molecule has 0 atom stereocenters. The number of rotatable bonds is 7. The second-order valence-electron chi connectivity index (χ2n) is 4.43. The van der Waals surface area contributed by atoms with Gasteiger partial charge in [-0.25, -0.2) is 9.18 Å². The van der Waals surface area contributed by atoms with Crippen LogP contribution in [0.2, 0.25) is 0 Å². The number of carbonyl (C=O) groups is 1. The van der Waals surface area contributed by atoms with E-state index >= 15 is 0 Å². The Kier molecular flexibility index (Phi) is 6.86. The number of hydrogen-bond donors (Lipinski definition) is 1. The van der Waals surface area contributed by atoms with Crippen LogP contribution in [0.5, 0.6) is 0 Å². The molecule has 0 aromatic heterocycles. The zero-order valence-electron chi connectivity index (χ0n) is 11.7. The molecule has 0 fully saturated rings. The van der Waals surface area contributed by atoms with Crippen molar-refractivity contribution in [2.24, 2.45) is 0 Å². The molecule has 0 radical (unpaired) electrons. The first-order valence-corrected chi connectivity index (χ1v) is 6.00. The van der Waals surface area contributed by atoms with Gasteiger partial charge in [-0.1, -0.05) is 0 Å². The van der Waals surface area contributed by atoms with Crippen molar-refractivity contribution in [1.29, 1.82) is 0 Å². The number of allylic oxidation sites excluding steroid dienone is 1. The second-order valence-corrected chi connectivity index (χ2v) is 4.43. The van der Waals surface area contributed by atoms with Gasteiger partial charge in [0.1, 0.15) is 0 Å². The third-order valence-electron chi connectivity index (χ3n) is 2.61. The van der Waals surface area contributed by atoms with Gasteiger partial charge in [0.05, 0.1) is 6.61 Å². The van der Waals surface area contributed by atoms with Crippen molar-refractivity contribution in [2.75, 3.05) is 13.2 Å². The van der Waals surface area contributed by atoms with Crippen molar-refractivity contribution < 1.29 is 62.9 Å². The number of halogens is 11. The number of ether oxygens (including phenoxy) is 1. The quantitative estimate of drug-likeness (QED) is 0.309. The van der Waals surface area contributed by atoms with Gasteiger partial charge in [-0.15, -0.1) is 0 Å². The Balaban J connectivity index is 5.75. The van der Waals surface area contributed by atoms with Crippen LogP contribution in [0.25, 0.3) is 0 Å². The molecule has 0 heterocycles. The van der Waals surface area contributed by atoms with Gasteiger partial charge in [0, 0.05) is 19.1 Å². The number of carbonyl (C=O) groups excluding carboxylic acids is 1. The number of hydrogen-bond acceptors (Lipinski definition) is 3. The van der Waals surface area contributed by atoms with Crippen LogP contribution in [-0.4, -0.2) is 54.2 Å². The molecule has 0 aromatic carbocycles. The van der Waals surface area contributed by atoms with E-state index in [-0.39, 0.29) is 6.42 Å². The van der Waals surface area contributed by atoms with E-state index in [9.17, 15) is 53.1 Å². The molecule has 0 saturated carbocycles. The lowest BCUT2D eigenvalue weighted by Crippen LogP contribution is -2.69. The monoisotopic (exact) mass is 398 g/mol. The summed E-state index contributed by atoms with van der Waals surface area (Å²) in [4.78, 5) is 10.8. The predicted molar refractivity (Wildman–Crippen MR) is 57.6 cm³/mol. The zero-order chi connectivity index (χ0) is 20.3. The molecule has 3 nitrogen and oxygen atoms in total.